The molecule has 1 amide bonds. The number of amidine groups is 1. The van der Waals surface area contributed by atoms with E-state index in [2.05, 4.69) is 10.1 Å². The van der Waals surface area contributed by atoms with Crippen LogP contribution in [0.4, 0.5) is 0 Å². The first kappa shape index (κ1) is 15.7. The lowest BCUT2D eigenvalue weighted by Crippen LogP contribution is -2.55. The van der Waals surface area contributed by atoms with Crippen LogP contribution in [0.15, 0.2) is 21.7 Å². The third-order valence-electron chi connectivity index (χ3n) is 3.67. The average Bonchev–Trinajstić information content (AvgIpc) is 2.94. The Labute approximate surface area is 127 Å². The summed E-state index contributed by atoms with van der Waals surface area (Å²) in [6, 6.07) is 3.02. The molecule has 1 atom stereocenters. The van der Waals surface area contributed by atoms with Crippen LogP contribution >= 0.6 is 11.6 Å². The zero-order valence-electron chi connectivity index (χ0n) is 11.8. The van der Waals surface area contributed by atoms with Crippen LogP contribution in [0.3, 0.4) is 0 Å². The molecule has 7 nitrogen and oxygen atoms in total. The summed E-state index contributed by atoms with van der Waals surface area (Å²) >= 11 is 5.68. The molecule has 116 valence electrons. The van der Waals surface area contributed by atoms with Crippen LogP contribution in [-0.2, 0) is 0 Å². The highest BCUT2D eigenvalue weighted by atomic mass is 35.5. The van der Waals surface area contributed by atoms with Crippen molar-refractivity contribution in [1.82, 2.24) is 9.80 Å². The highest BCUT2D eigenvalue weighted by Gasteiger charge is 2.28. The molecule has 1 aliphatic rings. The molecule has 0 saturated carbocycles. The molecule has 1 aliphatic heterocycles. The standard InChI is InChI=1S/C13H19ClN4O3/c1-2-9(12(15)16-20)17-5-7-18(8-6-17)13(19)10-3-4-11(14)21-10/h3-4,9,20H,2,5-8H2,1H3,(H2,15,16). The van der Waals surface area contributed by atoms with Crippen molar-refractivity contribution in [2.75, 3.05) is 26.2 Å². The second-order valence-corrected chi connectivity index (χ2v) is 5.25. The molecule has 1 aromatic heterocycles. The summed E-state index contributed by atoms with van der Waals surface area (Å²) in [5.41, 5.74) is 5.69. The van der Waals surface area contributed by atoms with Crippen molar-refractivity contribution >= 4 is 23.3 Å². The van der Waals surface area contributed by atoms with Gasteiger partial charge in [-0.25, -0.2) is 0 Å². The smallest absolute Gasteiger partial charge is 0.289 e. The minimum absolute atomic E-state index is 0.106. The number of hydrogen-bond donors (Lipinski definition) is 2. The van der Waals surface area contributed by atoms with Gasteiger partial charge in [0.15, 0.2) is 16.8 Å². The van der Waals surface area contributed by atoms with Gasteiger partial charge in [0.2, 0.25) is 0 Å². The molecule has 21 heavy (non-hydrogen) atoms. The van der Waals surface area contributed by atoms with Gasteiger partial charge in [-0.2, -0.15) is 0 Å². The number of furan rings is 1. The maximum Gasteiger partial charge on any atom is 0.289 e. The van der Waals surface area contributed by atoms with Gasteiger partial charge in [-0.05, 0) is 30.2 Å². The number of hydrogen-bond acceptors (Lipinski definition) is 5. The Kier molecular flexibility index (Phi) is 5.08. The summed E-state index contributed by atoms with van der Waals surface area (Å²) in [5, 5.41) is 12.1. The quantitative estimate of drug-likeness (QED) is 0.377. The Hall–Kier alpha value is -1.73. The zero-order chi connectivity index (χ0) is 15.4. The summed E-state index contributed by atoms with van der Waals surface area (Å²) in [7, 11) is 0. The second-order valence-electron chi connectivity index (χ2n) is 4.88. The summed E-state index contributed by atoms with van der Waals surface area (Å²) in [6.45, 7) is 4.42. The van der Waals surface area contributed by atoms with E-state index in [4.69, 9.17) is 27.0 Å². The first-order valence-electron chi connectivity index (χ1n) is 6.83. The predicted molar refractivity (Wildman–Crippen MR) is 78.7 cm³/mol. The van der Waals surface area contributed by atoms with Gasteiger partial charge in [-0.15, -0.1) is 0 Å². The number of halogens is 1. The molecule has 1 unspecified atom stereocenters. The van der Waals surface area contributed by atoms with Gasteiger partial charge in [0.1, 0.15) is 0 Å². The molecule has 0 aromatic carbocycles. The summed E-state index contributed by atoms with van der Waals surface area (Å²) < 4.78 is 5.14. The van der Waals surface area contributed by atoms with Gasteiger partial charge in [-0.1, -0.05) is 12.1 Å². The topological polar surface area (TPSA) is 95.3 Å². The molecule has 0 aliphatic carbocycles. The van der Waals surface area contributed by atoms with E-state index in [1.54, 1.807) is 17.0 Å². The fourth-order valence-corrected chi connectivity index (χ4v) is 2.69. The molecule has 1 fully saturated rings. The highest BCUT2D eigenvalue weighted by molar-refractivity contribution is 6.29. The van der Waals surface area contributed by atoms with E-state index in [1.807, 2.05) is 6.92 Å². The van der Waals surface area contributed by atoms with Crippen molar-refractivity contribution in [1.29, 1.82) is 0 Å². The Bertz CT molecular complexity index is 523. The normalized spacial score (nSPS) is 18.8. The maximum atomic E-state index is 12.2. The number of nitrogens with two attached hydrogens (primary N) is 1. The molecule has 0 bridgehead atoms. The first-order chi connectivity index (χ1) is 10.1. The minimum Gasteiger partial charge on any atom is -0.440 e. The van der Waals surface area contributed by atoms with E-state index in [0.717, 1.165) is 6.42 Å². The number of rotatable bonds is 4. The Morgan fingerprint density at radius 3 is 2.62 bits per heavy atom. The third kappa shape index (κ3) is 3.48. The number of amides is 1. The van der Waals surface area contributed by atoms with Gasteiger partial charge in [-0.3, -0.25) is 9.69 Å². The zero-order valence-corrected chi connectivity index (χ0v) is 12.6. The Morgan fingerprint density at radius 1 is 1.48 bits per heavy atom. The van der Waals surface area contributed by atoms with Crippen LogP contribution in [0, 0.1) is 0 Å². The van der Waals surface area contributed by atoms with Crippen LogP contribution in [0.2, 0.25) is 5.22 Å². The third-order valence-corrected chi connectivity index (χ3v) is 3.87. The molecule has 3 N–H and O–H groups in total. The van der Waals surface area contributed by atoms with Crippen LogP contribution < -0.4 is 5.73 Å². The molecule has 0 spiro atoms. The molecule has 8 heteroatoms. The van der Waals surface area contributed by atoms with E-state index in [-0.39, 0.29) is 28.8 Å². The number of nitrogens with zero attached hydrogens (tertiary/aromatic N) is 3. The lowest BCUT2D eigenvalue weighted by molar-refractivity contribution is 0.0578. The molecule has 2 heterocycles. The number of oxime groups is 1. The van der Waals surface area contributed by atoms with E-state index in [0.29, 0.717) is 26.2 Å². The van der Waals surface area contributed by atoms with Gasteiger partial charge in [0.05, 0.1) is 6.04 Å². The van der Waals surface area contributed by atoms with Crippen LogP contribution in [0.25, 0.3) is 0 Å². The molecule has 1 saturated heterocycles. The molecular formula is C13H19ClN4O3. The van der Waals surface area contributed by atoms with Crippen molar-refractivity contribution in [3.8, 4) is 0 Å². The second kappa shape index (κ2) is 6.82. The summed E-state index contributed by atoms with van der Waals surface area (Å²) in [4.78, 5) is 16.0. The van der Waals surface area contributed by atoms with E-state index < -0.39 is 0 Å². The number of carbonyl (C=O) groups is 1. The van der Waals surface area contributed by atoms with E-state index in [1.165, 1.54) is 0 Å². The van der Waals surface area contributed by atoms with Crippen molar-refractivity contribution in [3.05, 3.63) is 23.1 Å². The molecule has 1 aromatic rings. The maximum absolute atomic E-state index is 12.2. The Morgan fingerprint density at radius 2 is 2.14 bits per heavy atom. The fraction of sp³-hybridized carbons (Fsp3) is 0.538. The van der Waals surface area contributed by atoms with E-state index >= 15 is 0 Å². The first-order valence-corrected chi connectivity index (χ1v) is 7.20. The van der Waals surface area contributed by atoms with Crippen molar-refractivity contribution in [3.63, 3.8) is 0 Å². The predicted octanol–water partition coefficient (Wildman–Crippen LogP) is 1.22. The number of piperazine rings is 1. The summed E-state index contributed by atoms with van der Waals surface area (Å²) in [5.74, 6) is 0.283. The monoisotopic (exact) mass is 314 g/mol. The molecule has 0 radical (unpaired) electrons. The highest BCUT2D eigenvalue weighted by Crippen LogP contribution is 2.17. The number of carbonyl (C=O) groups excluding carboxylic acids is 1. The largest absolute Gasteiger partial charge is 0.440 e. The van der Waals surface area contributed by atoms with Gasteiger partial charge >= 0.3 is 0 Å². The molecule has 2 rings (SSSR count). The summed E-state index contributed by atoms with van der Waals surface area (Å²) in [6.07, 6.45) is 0.748. The Balaban J connectivity index is 1.95. The van der Waals surface area contributed by atoms with Gasteiger partial charge in [0.25, 0.3) is 5.91 Å². The minimum atomic E-state index is -0.168. The van der Waals surface area contributed by atoms with Gasteiger partial charge < -0.3 is 20.3 Å². The van der Waals surface area contributed by atoms with Crippen molar-refractivity contribution < 1.29 is 14.4 Å². The fourth-order valence-electron chi connectivity index (χ4n) is 2.54. The van der Waals surface area contributed by atoms with Crippen molar-refractivity contribution in [2.45, 2.75) is 19.4 Å². The SMILES string of the molecule is CCC(/C(N)=N/O)N1CCN(C(=O)c2ccc(Cl)o2)CC1. The van der Waals surface area contributed by atoms with Crippen LogP contribution in [0.1, 0.15) is 23.9 Å². The van der Waals surface area contributed by atoms with E-state index in [9.17, 15) is 4.79 Å². The van der Waals surface area contributed by atoms with Crippen LogP contribution in [-0.4, -0.2) is 59.0 Å². The lowest BCUT2D eigenvalue weighted by atomic mass is 10.1. The van der Waals surface area contributed by atoms with Crippen molar-refractivity contribution in [2.24, 2.45) is 10.9 Å². The molecular weight excluding hydrogens is 296 g/mol. The van der Waals surface area contributed by atoms with Crippen LogP contribution in [0.5, 0.6) is 0 Å². The average molecular weight is 315 g/mol. The van der Waals surface area contributed by atoms with Gasteiger partial charge in [0, 0.05) is 26.2 Å². The lowest BCUT2D eigenvalue weighted by Gasteiger charge is -2.38.